The van der Waals surface area contributed by atoms with Gasteiger partial charge in [-0.05, 0) is 43.7 Å². The van der Waals surface area contributed by atoms with Crippen LogP contribution in [0.4, 0.5) is 0 Å². The fraction of sp³-hybridized carbons (Fsp3) is 0.267. The minimum Gasteiger partial charge on any atom is -0.303 e. The van der Waals surface area contributed by atoms with E-state index < -0.39 is 0 Å². The molecule has 2 unspecified atom stereocenters. The van der Waals surface area contributed by atoms with Gasteiger partial charge in [0.05, 0.1) is 16.0 Å². The molecule has 2 nitrogen and oxygen atoms in total. The molecule has 0 spiro atoms. The van der Waals surface area contributed by atoms with E-state index in [2.05, 4.69) is 25.2 Å². The first-order chi connectivity index (χ1) is 9.10. The zero-order valence-corrected chi connectivity index (χ0v) is 12.4. The number of nitriles is 1. The highest BCUT2D eigenvalue weighted by Crippen LogP contribution is 2.28. The van der Waals surface area contributed by atoms with Gasteiger partial charge in [0.25, 0.3) is 0 Å². The smallest absolute Gasteiger partial charge is 0.0991 e. The van der Waals surface area contributed by atoms with Crippen LogP contribution in [0.5, 0.6) is 0 Å². The van der Waals surface area contributed by atoms with E-state index in [0.717, 1.165) is 9.90 Å². The summed E-state index contributed by atoms with van der Waals surface area (Å²) in [6.45, 7) is 4.22. The highest BCUT2D eigenvalue weighted by atomic mass is 35.5. The molecule has 0 radical (unpaired) electrons. The van der Waals surface area contributed by atoms with Gasteiger partial charge in [0.1, 0.15) is 0 Å². The molecule has 1 heterocycles. The molecular formula is C15H15ClN2S. The van der Waals surface area contributed by atoms with Gasteiger partial charge in [-0.15, -0.1) is 11.3 Å². The topological polar surface area (TPSA) is 35.8 Å². The first-order valence-electron chi connectivity index (χ1n) is 6.11. The van der Waals surface area contributed by atoms with E-state index in [0.29, 0.717) is 5.56 Å². The molecule has 1 aromatic carbocycles. The van der Waals surface area contributed by atoms with Crippen molar-refractivity contribution in [1.82, 2.24) is 5.32 Å². The summed E-state index contributed by atoms with van der Waals surface area (Å²) in [6.07, 6.45) is 0. The van der Waals surface area contributed by atoms with Gasteiger partial charge < -0.3 is 5.32 Å². The van der Waals surface area contributed by atoms with Crippen LogP contribution in [0, 0.1) is 11.3 Å². The standard InChI is InChI=1S/C15H15ClN2S/c1-10(13-5-3-4-12(8-13)9-17)18-11(2)14-6-7-15(16)19-14/h3-8,10-11,18H,1-2H3. The Balaban J connectivity index is 2.08. The van der Waals surface area contributed by atoms with Gasteiger partial charge in [0.2, 0.25) is 0 Å². The first-order valence-corrected chi connectivity index (χ1v) is 7.31. The molecule has 0 amide bonds. The minimum atomic E-state index is 0.184. The van der Waals surface area contributed by atoms with Crippen LogP contribution in [0.1, 0.15) is 41.9 Å². The Hall–Kier alpha value is -1.34. The Morgan fingerprint density at radius 1 is 1.21 bits per heavy atom. The maximum Gasteiger partial charge on any atom is 0.0991 e. The van der Waals surface area contributed by atoms with Crippen molar-refractivity contribution in [2.24, 2.45) is 0 Å². The second kappa shape index (κ2) is 6.21. The fourth-order valence-electron chi connectivity index (χ4n) is 1.99. The normalized spacial score (nSPS) is 13.8. The average molecular weight is 291 g/mol. The van der Waals surface area contributed by atoms with Crippen LogP contribution in [0.15, 0.2) is 36.4 Å². The van der Waals surface area contributed by atoms with E-state index in [9.17, 15) is 0 Å². The zero-order valence-electron chi connectivity index (χ0n) is 10.9. The summed E-state index contributed by atoms with van der Waals surface area (Å²) in [5.41, 5.74) is 1.81. The third-order valence-corrected chi connectivity index (χ3v) is 4.45. The van der Waals surface area contributed by atoms with Crippen LogP contribution in [0.25, 0.3) is 0 Å². The van der Waals surface area contributed by atoms with Gasteiger partial charge in [-0.25, -0.2) is 0 Å². The molecule has 1 N–H and O–H groups in total. The molecule has 2 rings (SSSR count). The molecule has 0 fully saturated rings. The van der Waals surface area contributed by atoms with Gasteiger partial charge in [0, 0.05) is 17.0 Å². The van der Waals surface area contributed by atoms with Crippen LogP contribution in [0.2, 0.25) is 4.34 Å². The molecule has 19 heavy (non-hydrogen) atoms. The molecule has 0 aliphatic heterocycles. The summed E-state index contributed by atoms with van der Waals surface area (Å²) in [6, 6.07) is 14.2. The van der Waals surface area contributed by atoms with Crippen LogP contribution in [-0.4, -0.2) is 0 Å². The predicted octanol–water partition coefficient (Wildman–Crippen LogP) is 4.68. The largest absolute Gasteiger partial charge is 0.303 e. The molecule has 0 aliphatic rings. The van der Waals surface area contributed by atoms with E-state index in [1.165, 1.54) is 4.88 Å². The van der Waals surface area contributed by atoms with E-state index >= 15 is 0 Å². The highest BCUT2D eigenvalue weighted by molar-refractivity contribution is 7.16. The minimum absolute atomic E-state index is 0.184. The first kappa shape index (κ1) is 14.1. The molecule has 0 saturated carbocycles. The van der Waals surface area contributed by atoms with Gasteiger partial charge in [-0.3, -0.25) is 0 Å². The van der Waals surface area contributed by atoms with Crippen LogP contribution in [-0.2, 0) is 0 Å². The highest BCUT2D eigenvalue weighted by Gasteiger charge is 2.13. The van der Waals surface area contributed by atoms with Crippen molar-refractivity contribution in [3.8, 4) is 6.07 Å². The number of hydrogen-bond donors (Lipinski definition) is 1. The summed E-state index contributed by atoms with van der Waals surface area (Å²) < 4.78 is 0.808. The maximum absolute atomic E-state index is 8.92. The number of nitrogens with zero attached hydrogens (tertiary/aromatic N) is 1. The van der Waals surface area contributed by atoms with E-state index in [1.807, 2.05) is 36.4 Å². The van der Waals surface area contributed by atoms with Crippen molar-refractivity contribution in [2.45, 2.75) is 25.9 Å². The second-order valence-corrected chi connectivity index (χ2v) is 6.24. The Labute approximate surface area is 122 Å². The van der Waals surface area contributed by atoms with Crippen molar-refractivity contribution in [2.75, 3.05) is 0 Å². The fourth-order valence-corrected chi connectivity index (χ4v) is 3.06. The van der Waals surface area contributed by atoms with Crippen LogP contribution >= 0.6 is 22.9 Å². The summed E-state index contributed by atoms with van der Waals surface area (Å²) in [5.74, 6) is 0. The van der Waals surface area contributed by atoms with E-state index in [1.54, 1.807) is 11.3 Å². The van der Waals surface area contributed by atoms with E-state index in [4.69, 9.17) is 16.9 Å². The Bertz CT molecular complexity index is 600. The lowest BCUT2D eigenvalue weighted by atomic mass is 10.0. The number of benzene rings is 1. The number of halogens is 1. The number of nitrogens with one attached hydrogen (secondary N) is 1. The lowest BCUT2D eigenvalue weighted by Crippen LogP contribution is -2.21. The molecule has 98 valence electrons. The quantitative estimate of drug-likeness (QED) is 0.887. The lowest BCUT2D eigenvalue weighted by Gasteiger charge is -2.19. The molecular weight excluding hydrogens is 276 g/mol. The summed E-state index contributed by atoms with van der Waals surface area (Å²) in [4.78, 5) is 1.22. The maximum atomic E-state index is 8.92. The Morgan fingerprint density at radius 2 is 2.00 bits per heavy atom. The second-order valence-electron chi connectivity index (χ2n) is 4.49. The SMILES string of the molecule is CC(NC(C)c1ccc(Cl)s1)c1cccc(C#N)c1. The molecule has 0 bridgehead atoms. The zero-order chi connectivity index (χ0) is 13.8. The van der Waals surface area contributed by atoms with Crippen molar-refractivity contribution in [3.05, 3.63) is 56.7 Å². The number of hydrogen-bond acceptors (Lipinski definition) is 3. The molecule has 1 aromatic heterocycles. The predicted molar refractivity (Wildman–Crippen MR) is 80.5 cm³/mol. The number of rotatable bonds is 4. The van der Waals surface area contributed by atoms with Gasteiger partial charge in [-0.1, -0.05) is 23.7 Å². The molecule has 0 aliphatic carbocycles. The van der Waals surface area contributed by atoms with Gasteiger partial charge >= 0.3 is 0 Å². The van der Waals surface area contributed by atoms with Crippen LogP contribution < -0.4 is 5.32 Å². The van der Waals surface area contributed by atoms with E-state index in [-0.39, 0.29) is 12.1 Å². The van der Waals surface area contributed by atoms with Crippen molar-refractivity contribution in [1.29, 1.82) is 5.26 Å². The molecule has 4 heteroatoms. The molecule has 2 atom stereocenters. The van der Waals surface area contributed by atoms with Gasteiger partial charge in [0.15, 0.2) is 0 Å². The average Bonchev–Trinajstić information content (AvgIpc) is 2.85. The van der Waals surface area contributed by atoms with Crippen molar-refractivity contribution >= 4 is 22.9 Å². The van der Waals surface area contributed by atoms with Gasteiger partial charge in [-0.2, -0.15) is 5.26 Å². The summed E-state index contributed by atoms with van der Waals surface area (Å²) >= 11 is 7.54. The Kier molecular flexibility index (Phi) is 4.60. The van der Waals surface area contributed by atoms with Crippen molar-refractivity contribution in [3.63, 3.8) is 0 Å². The third kappa shape index (κ3) is 3.57. The number of thiophene rings is 1. The monoisotopic (exact) mass is 290 g/mol. The molecule has 0 saturated heterocycles. The van der Waals surface area contributed by atoms with Crippen molar-refractivity contribution < 1.29 is 0 Å². The third-order valence-electron chi connectivity index (χ3n) is 3.04. The summed E-state index contributed by atoms with van der Waals surface area (Å²) in [7, 11) is 0. The lowest BCUT2D eigenvalue weighted by molar-refractivity contribution is 0.500. The summed E-state index contributed by atoms with van der Waals surface area (Å²) in [5, 5.41) is 12.4. The van der Waals surface area contributed by atoms with Crippen LogP contribution in [0.3, 0.4) is 0 Å². The molecule has 2 aromatic rings. The Morgan fingerprint density at radius 3 is 2.63 bits per heavy atom.